The second-order valence-corrected chi connectivity index (χ2v) is 8.45. The van der Waals surface area contributed by atoms with E-state index in [1.54, 1.807) is 6.07 Å². The van der Waals surface area contributed by atoms with Crippen molar-refractivity contribution in [2.24, 2.45) is 5.92 Å². The normalized spacial score (nSPS) is 16.8. The van der Waals surface area contributed by atoms with Crippen LogP contribution >= 0.6 is 11.3 Å². The molecule has 2 aromatic rings. The van der Waals surface area contributed by atoms with E-state index in [0.29, 0.717) is 23.8 Å². The highest BCUT2D eigenvalue weighted by Crippen LogP contribution is 2.25. The topological polar surface area (TPSA) is 75.2 Å². The molecule has 0 bridgehead atoms. The zero-order valence-electron chi connectivity index (χ0n) is 16.8. The molecule has 0 radical (unpaired) electrons. The molecule has 0 spiro atoms. The molecule has 2 aromatic heterocycles. The SMILES string of the molecule is CCCCc1nc(C)c(C(=O)N2CCCC(C(=O)Nc3cccc(C)n3)C2)s1. The largest absolute Gasteiger partial charge is 0.337 e. The fourth-order valence-electron chi connectivity index (χ4n) is 3.45. The molecule has 1 aliphatic rings. The van der Waals surface area contributed by atoms with Crippen molar-refractivity contribution in [1.29, 1.82) is 0 Å². The van der Waals surface area contributed by atoms with E-state index in [1.807, 2.05) is 30.9 Å². The van der Waals surface area contributed by atoms with Crippen LogP contribution in [0.4, 0.5) is 5.82 Å². The molecule has 1 atom stereocenters. The average Bonchev–Trinajstić information content (AvgIpc) is 3.06. The number of hydrogen-bond donors (Lipinski definition) is 1. The van der Waals surface area contributed by atoms with Gasteiger partial charge in [0.1, 0.15) is 10.7 Å². The Bertz CT molecular complexity index is 849. The van der Waals surface area contributed by atoms with Gasteiger partial charge in [-0.2, -0.15) is 0 Å². The highest BCUT2D eigenvalue weighted by Gasteiger charge is 2.30. The summed E-state index contributed by atoms with van der Waals surface area (Å²) in [6.07, 6.45) is 4.72. The minimum Gasteiger partial charge on any atom is -0.337 e. The first-order valence-electron chi connectivity index (χ1n) is 9.98. The Labute approximate surface area is 170 Å². The minimum absolute atomic E-state index is 0.00364. The number of unbranched alkanes of at least 4 members (excludes halogenated alkanes) is 1. The van der Waals surface area contributed by atoms with Crippen molar-refractivity contribution in [3.05, 3.63) is 39.5 Å². The monoisotopic (exact) mass is 400 g/mol. The number of nitrogens with one attached hydrogen (secondary N) is 1. The molecule has 3 heterocycles. The third kappa shape index (κ3) is 4.95. The first kappa shape index (κ1) is 20.5. The van der Waals surface area contributed by atoms with Crippen molar-refractivity contribution in [1.82, 2.24) is 14.9 Å². The zero-order valence-corrected chi connectivity index (χ0v) is 17.6. The van der Waals surface area contributed by atoms with Crippen LogP contribution in [0.1, 0.15) is 58.7 Å². The Balaban J connectivity index is 1.64. The summed E-state index contributed by atoms with van der Waals surface area (Å²) in [4.78, 5) is 37.1. The second kappa shape index (κ2) is 9.28. The van der Waals surface area contributed by atoms with Crippen molar-refractivity contribution in [3.8, 4) is 0 Å². The summed E-state index contributed by atoms with van der Waals surface area (Å²) in [5.41, 5.74) is 1.66. The quantitative estimate of drug-likeness (QED) is 0.796. The van der Waals surface area contributed by atoms with Gasteiger partial charge in [-0.1, -0.05) is 19.4 Å². The molecule has 0 aromatic carbocycles. The third-order valence-corrected chi connectivity index (χ3v) is 6.20. The van der Waals surface area contributed by atoms with Crippen LogP contribution in [0.15, 0.2) is 18.2 Å². The van der Waals surface area contributed by atoms with E-state index in [4.69, 9.17) is 0 Å². The number of piperidine rings is 1. The molecular formula is C21H28N4O2S. The van der Waals surface area contributed by atoms with Gasteiger partial charge in [0.15, 0.2) is 0 Å². The van der Waals surface area contributed by atoms with Crippen molar-refractivity contribution < 1.29 is 9.59 Å². The smallest absolute Gasteiger partial charge is 0.265 e. The van der Waals surface area contributed by atoms with Crippen LogP contribution in [0.2, 0.25) is 0 Å². The van der Waals surface area contributed by atoms with Gasteiger partial charge in [-0.15, -0.1) is 11.3 Å². The number of hydrogen-bond acceptors (Lipinski definition) is 5. The highest BCUT2D eigenvalue weighted by atomic mass is 32.1. The Hall–Kier alpha value is -2.28. The van der Waals surface area contributed by atoms with Crippen LogP contribution in [-0.4, -0.2) is 39.8 Å². The fraction of sp³-hybridized carbons (Fsp3) is 0.524. The number of nitrogens with zero attached hydrogens (tertiary/aromatic N) is 3. The maximum Gasteiger partial charge on any atom is 0.265 e. The molecule has 1 fully saturated rings. The molecule has 150 valence electrons. The number of rotatable bonds is 6. The predicted octanol–water partition coefficient (Wildman–Crippen LogP) is 3.99. The third-order valence-electron chi connectivity index (χ3n) is 5.00. The van der Waals surface area contributed by atoms with E-state index < -0.39 is 0 Å². The fourth-order valence-corrected chi connectivity index (χ4v) is 4.52. The molecule has 1 unspecified atom stereocenters. The summed E-state index contributed by atoms with van der Waals surface area (Å²) in [7, 11) is 0. The van der Waals surface area contributed by atoms with E-state index in [-0.39, 0.29) is 17.7 Å². The number of carbonyl (C=O) groups is 2. The van der Waals surface area contributed by atoms with E-state index in [2.05, 4.69) is 22.2 Å². The van der Waals surface area contributed by atoms with Crippen LogP contribution in [-0.2, 0) is 11.2 Å². The van der Waals surface area contributed by atoms with Gasteiger partial charge in [0, 0.05) is 18.8 Å². The summed E-state index contributed by atoms with van der Waals surface area (Å²) in [6.45, 7) is 7.07. The molecule has 3 rings (SSSR count). The van der Waals surface area contributed by atoms with Crippen LogP contribution in [0, 0.1) is 19.8 Å². The van der Waals surface area contributed by atoms with Crippen molar-refractivity contribution in [3.63, 3.8) is 0 Å². The van der Waals surface area contributed by atoms with Crippen LogP contribution in [0.25, 0.3) is 0 Å². The Kier molecular flexibility index (Phi) is 6.78. The van der Waals surface area contributed by atoms with Crippen LogP contribution in [0.3, 0.4) is 0 Å². The first-order valence-corrected chi connectivity index (χ1v) is 10.8. The molecule has 6 nitrogen and oxygen atoms in total. The van der Waals surface area contributed by atoms with Gasteiger partial charge < -0.3 is 10.2 Å². The standard InChI is InChI=1S/C21H28N4O2S/c1-4-5-11-18-23-15(3)19(28-18)21(27)25-12-7-9-16(13-25)20(26)24-17-10-6-8-14(2)22-17/h6,8,10,16H,4-5,7,9,11-13H2,1-3H3,(H,22,24,26). The maximum absolute atomic E-state index is 13.0. The number of aryl methyl sites for hydroxylation is 3. The number of anilines is 1. The Morgan fingerprint density at radius 3 is 2.86 bits per heavy atom. The lowest BCUT2D eigenvalue weighted by atomic mass is 9.97. The van der Waals surface area contributed by atoms with E-state index >= 15 is 0 Å². The number of likely N-dealkylation sites (tertiary alicyclic amines) is 1. The van der Waals surface area contributed by atoms with Gasteiger partial charge >= 0.3 is 0 Å². The number of thiazole rings is 1. The van der Waals surface area contributed by atoms with Gasteiger partial charge in [0.05, 0.1) is 16.6 Å². The highest BCUT2D eigenvalue weighted by molar-refractivity contribution is 7.13. The molecule has 0 saturated carbocycles. The molecule has 28 heavy (non-hydrogen) atoms. The maximum atomic E-state index is 13.0. The van der Waals surface area contributed by atoms with Gasteiger partial charge in [0.25, 0.3) is 5.91 Å². The van der Waals surface area contributed by atoms with Gasteiger partial charge in [-0.05, 0) is 51.7 Å². The lowest BCUT2D eigenvalue weighted by molar-refractivity contribution is -0.121. The summed E-state index contributed by atoms with van der Waals surface area (Å²) >= 11 is 1.50. The number of pyridine rings is 1. The Morgan fingerprint density at radius 1 is 1.29 bits per heavy atom. The van der Waals surface area contributed by atoms with E-state index in [0.717, 1.165) is 48.5 Å². The predicted molar refractivity (Wildman–Crippen MR) is 112 cm³/mol. The molecule has 0 aliphatic carbocycles. The van der Waals surface area contributed by atoms with E-state index in [9.17, 15) is 9.59 Å². The zero-order chi connectivity index (χ0) is 20.1. The molecular weight excluding hydrogens is 372 g/mol. The molecule has 1 aliphatic heterocycles. The summed E-state index contributed by atoms with van der Waals surface area (Å²) in [6, 6.07) is 5.55. The summed E-state index contributed by atoms with van der Waals surface area (Å²) < 4.78 is 0. The van der Waals surface area contributed by atoms with E-state index in [1.165, 1.54) is 11.3 Å². The minimum atomic E-state index is -0.215. The number of amides is 2. The van der Waals surface area contributed by atoms with Crippen molar-refractivity contribution >= 4 is 29.0 Å². The van der Waals surface area contributed by atoms with Crippen molar-refractivity contribution in [2.75, 3.05) is 18.4 Å². The lowest BCUT2D eigenvalue weighted by Gasteiger charge is -2.31. The summed E-state index contributed by atoms with van der Waals surface area (Å²) in [5.74, 6) is 0.282. The average molecular weight is 401 g/mol. The Morgan fingerprint density at radius 2 is 2.11 bits per heavy atom. The first-order chi connectivity index (χ1) is 13.5. The second-order valence-electron chi connectivity index (χ2n) is 7.37. The van der Waals surface area contributed by atoms with Crippen LogP contribution in [0.5, 0.6) is 0 Å². The molecule has 7 heteroatoms. The van der Waals surface area contributed by atoms with Crippen LogP contribution < -0.4 is 5.32 Å². The molecule has 1 N–H and O–H groups in total. The van der Waals surface area contributed by atoms with Gasteiger partial charge in [-0.3, -0.25) is 9.59 Å². The summed E-state index contributed by atoms with van der Waals surface area (Å²) in [5, 5.41) is 3.92. The lowest BCUT2D eigenvalue weighted by Crippen LogP contribution is -2.43. The molecule has 2 amide bonds. The number of carbonyl (C=O) groups excluding carboxylic acids is 2. The van der Waals surface area contributed by atoms with Gasteiger partial charge in [-0.25, -0.2) is 9.97 Å². The number of aromatic nitrogens is 2. The van der Waals surface area contributed by atoms with Crippen molar-refractivity contribution in [2.45, 2.75) is 52.9 Å². The van der Waals surface area contributed by atoms with Gasteiger partial charge in [0.2, 0.25) is 5.91 Å². The molecule has 1 saturated heterocycles.